The van der Waals surface area contributed by atoms with E-state index in [9.17, 15) is 5.11 Å². The summed E-state index contributed by atoms with van der Waals surface area (Å²) in [5.74, 6) is 2.02. The van der Waals surface area contributed by atoms with Gasteiger partial charge < -0.3 is 15.2 Å². The Morgan fingerprint density at radius 3 is 2.65 bits per heavy atom. The van der Waals surface area contributed by atoms with Crippen LogP contribution in [0.4, 0.5) is 0 Å². The molecule has 1 aliphatic rings. The van der Waals surface area contributed by atoms with Crippen molar-refractivity contribution < 1.29 is 9.84 Å². The van der Waals surface area contributed by atoms with Crippen molar-refractivity contribution >= 4 is 0 Å². The standard InChI is InChI=1S/C17H27NO2/c1-13(16-9-5-6-10-17(16)20-2)18-11-14-7-3-4-8-15(14)12-19/h5-6,9-10,13-15,18-19H,3-4,7-8,11-12H2,1-2H3. The highest BCUT2D eigenvalue weighted by atomic mass is 16.5. The average molecular weight is 277 g/mol. The Labute approximate surface area is 122 Å². The van der Waals surface area contributed by atoms with Gasteiger partial charge in [0.2, 0.25) is 0 Å². The van der Waals surface area contributed by atoms with Crippen molar-refractivity contribution in [3.8, 4) is 5.75 Å². The first-order chi connectivity index (χ1) is 9.76. The molecule has 2 N–H and O–H groups in total. The van der Waals surface area contributed by atoms with E-state index >= 15 is 0 Å². The van der Waals surface area contributed by atoms with Crippen molar-refractivity contribution in [2.24, 2.45) is 11.8 Å². The maximum absolute atomic E-state index is 9.48. The third-order valence-electron chi connectivity index (χ3n) is 4.59. The number of para-hydroxylation sites is 1. The summed E-state index contributed by atoms with van der Waals surface area (Å²) >= 11 is 0. The molecular formula is C17H27NO2. The smallest absolute Gasteiger partial charge is 0.123 e. The molecule has 20 heavy (non-hydrogen) atoms. The van der Waals surface area contributed by atoms with Gasteiger partial charge in [0.1, 0.15) is 5.75 Å². The van der Waals surface area contributed by atoms with E-state index in [1.165, 1.54) is 31.2 Å². The largest absolute Gasteiger partial charge is 0.496 e. The highest BCUT2D eigenvalue weighted by molar-refractivity contribution is 5.35. The number of benzene rings is 1. The van der Waals surface area contributed by atoms with Gasteiger partial charge >= 0.3 is 0 Å². The fourth-order valence-corrected chi connectivity index (χ4v) is 3.26. The van der Waals surface area contributed by atoms with Gasteiger partial charge in [-0.25, -0.2) is 0 Å². The minimum Gasteiger partial charge on any atom is -0.496 e. The molecule has 2 rings (SSSR count). The van der Waals surface area contributed by atoms with Crippen molar-refractivity contribution in [3.05, 3.63) is 29.8 Å². The summed E-state index contributed by atoms with van der Waals surface area (Å²) in [7, 11) is 1.72. The van der Waals surface area contributed by atoms with Crippen LogP contribution in [0.1, 0.15) is 44.2 Å². The Morgan fingerprint density at radius 2 is 1.95 bits per heavy atom. The van der Waals surface area contributed by atoms with E-state index in [4.69, 9.17) is 4.74 Å². The number of ether oxygens (including phenoxy) is 1. The maximum atomic E-state index is 9.48. The monoisotopic (exact) mass is 277 g/mol. The second kappa shape index (κ2) is 7.65. The minimum atomic E-state index is 0.271. The number of aliphatic hydroxyl groups is 1. The van der Waals surface area contributed by atoms with Gasteiger partial charge in [0.05, 0.1) is 7.11 Å². The predicted molar refractivity (Wildman–Crippen MR) is 81.9 cm³/mol. The number of hydrogen-bond donors (Lipinski definition) is 2. The van der Waals surface area contributed by atoms with Gasteiger partial charge in [-0.3, -0.25) is 0 Å². The number of nitrogens with one attached hydrogen (secondary N) is 1. The van der Waals surface area contributed by atoms with E-state index in [0.717, 1.165) is 12.3 Å². The van der Waals surface area contributed by atoms with Gasteiger partial charge in [0.25, 0.3) is 0 Å². The van der Waals surface area contributed by atoms with Crippen molar-refractivity contribution in [2.45, 2.75) is 38.6 Å². The van der Waals surface area contributed by atoms with Gasteiger partial charge in [-0.05, 0) is 44.2 Å². The first kappa shape index (κ1) is 15.3. The maximum Gasteiger partial charge on any atom is 0.123 e. The van der Waals surface area contributed by atoms with Gasteiger partial charge in [-0.1, -0.05) is 31.0 Å². The lowest BCUT2D eigenvalue weighted by Crippen LogP contribution is -2.33. The number of aliphatic hydroxyl groups excluding tert-OH is 1. The van der Waals surface area contributed by atoms with E-state index in [-0.39, 0.29) is 6.04 Å². The first-order valence-electron chi connectivity index (χ1n) is 7.73. The van der Waals surface area contributed by atoms with E-state index in [1.54, 1.807) is 7.11 Å². The zero-order chi connectivity index (χ0) is 14.4. The second-order valence-electron chi connectivity index (χ2n) is 5.86. The third kappa shape index (κ3) is 3.74. The molecule has 3 heteroatoms. The molecule has 1 aromatic carbocycles. The molecule has 1 aromatic rings. The molecule has 1 saturated carbocycles. The molecule has 3 unspecified atom stereocenters. The molecule has 0 spiro atoms. The van der Waals surface area contributed by atoms with Crippen LogP contribution < -0.4 is 10.1 Å². The summed E-state index contributed by atoms with van der Waals surface area (Å²) in [4.78, 5) is 0. The molecule has 0 heterocycles. The van der Waals surface area contributed by atoms with Crippen LogP contribution >= 0.6 is 0 Å². The summed E-state index contributed by atoms with van der Waals surface area (Å²) in [6.45, 7) is 3.48. The number of methoxy groups -OCH3 is 1. The molecule has 3 nitrogen and oxygen atoms in total. The summed E-state index contributed by atoms with van der Waals surface area (Å²) in [6.07, 6.45) is 4.97. The summed E-state index contributed by atoms with van der Waals surface area (Å²) in [5.41, 5.74) is 1.20. The lowest BCUT2D eigenvalue weighted by Gasteiger charge is -2.31. The Balaban J connectivity index is 1.92. The number of hydrogen-bond acceptors (Lipinski definition) is 3. The van der Waals surface area contributed by atoms with Crippen LogP contribution in [0, 0.1) is 11.8 Å². The Hall–Kier alpha value is -1.06. The Kier molecular flexibility index (Phi) is 5.86. The average Bonchev–Trinajstić information content (AvgIpc) is 2.52. The fourth-order valence-electron chi connectivity index (χ4n) is 3.26. The van der Waals surface area contributed by atoms with E-state index in [0.29, 0.717) is 18.4 Å². The lowest BCUT2D eigenvalue weighted by atomic mass is 9.79. The topological polar surface area (TPSA) is 41.5 Å². The summed E-state index contributed by atoms with van der Waals surface area (Å²) < 4.78 is 5.42. The van der Waals surface area contributed by atoms with Crippen LogP contribution in [0.15, 0.2) is 24.3 Å². The molecule has 1 fully saturated rings. The van der Waals surface area contributed by atoms with Gasteiger partial charge in [0.15, 0.2) is 0 Å². The molecule has 0 aliphatic heterocycles. The minimum absolute atomic E-state index is 0.271. The Morgan fingerprint density at radius 1 is 1.25 bits per heavy atom. The highest BCUT2D eigenvalue weighted by Gasteiger charge is 2.24. The van der Waals surface area contributed by atoms with Gasteiger partial charge in [0, 0.05) is 18.2 Å². The van der Waals surface area contributed by atoms with E-state index < -0.39 is 0 Å². The summed E-state index contributed by atoms with van der Waals surface area (Å²) in [5, 5.41) is 13.1. The summed E-state index contributed by atoms with van der Waals surface area (Å²) in [6, 6.07) is 8.43. The van der Waals surface area contributed by atoms with Crippen LogP contribution in [0.5, 0.6) is 5.75 Å². The fraction of sp³-hybridized carbons (Fsp3) is 0.647. The molecule has 0 saturated heterocycles. The van der Waals surface area contributed by atoms with Crippen molar-refractivity contribution in [1.82, 2.24) is 5.32 Å². The molecule has 0 amide bonds. The molecule has 0 bridgehead atoms. The predicted octanol–water partition coefficient (Wildman–Crippen LogP) is 3.14. The van der Waals surface area contributed by atoms with E-state index in [1.807, 2.05) is 18.2 Å². The SMILES string of the molecule is COc1ccccc1C(C)NCC1CCCCC1CO. The van der Waals surface area contributed by atoms with Crippen LogP contribution in [-0.4, -0.2) is 25.4 Å². The normalized spacial score (nSPS) is 24.4. The first-order valence-corrected chi connectivity index (χ1v) is 7.73. The quantitative estimate of drug-likeness (QED) is 0.839. The van der Waals surface area contributed by atoms with Crippen molar-refractivity contribution in [3.63, 3.8) is 0 Å². The second-order valence-corrected chi connectivity index (χ2v) is 5.86. The zero-order valence-electron chi connectivity index (χ0n) is 12.6. The lowest BCUT2D eigenvalue weighted by molar-refractivity contribution is 0.131. The molecule has 3 atom stereocenters. The van der Waals surface area contributed by atoms with Gasteiger partial charge in [-0.2, -0.15) is 0 Å². The van der Waals surface area contributed by atoms with Crippen LogP contribution in [-0.2, 0) is 0 Å². The zero-order valence-corrected chi connectivity index (χ0v) is 12.6. The van der Waals surface area contributed by atoms with Crippen LogP contribution in [0.25, 0.3) is 0 Å². The third-order valence-corrected chi connectivity index (χ3v) is 4.59. The highest BCUT2D eigenvalue weighted by Crippen LogP contribution is 2.30. The molecular weight excluding hydrogens is 250 g/mol. The molecule has 0 radical (unpaired) electrons. The Bertz CT molecular complexity index is 408. The molecule has 0 aromatic heterocycles. The van der Waals surface area contributed by atoms with E-state index in [2.05, 4.69) is 18.3 Å². The van der Waals surface area contributed by atoms with Crippen LogP contribution in [0.3, 0.4) is 0 Å². The van der Waals surface area contributed by atoms with Crippen molar-refractivity contribution in [1.29, 1.82) is 0 Å². The number of rotatable bonds is 6. The van der Waals surface area contributed by atoms with Crippen LogP contribution in [0.2, 0.25) is 0 Å². The van der Waals surface area contributed by atoms with Crippen molar-refractivity contribution in [2.75, 3.05) is 20.3 Å². The van der Waals surface area contributed by atoms with Gasteiger partial charge in [-0.15, -0.1) is 0 Å². The molecule has 112 valence electrons. The molecule has 1 aliphatic carbocycles.